The monoisotopic (exact) mass is 391 g/mol. The average Bonchev–Trinajstić information content (AvgIpc) is 2.69. The molecule has 0 saturated carbocycles. The number of hydrogen-bond acceptors (Lipinski definition) is 3. The third kappa shape index (κ3) is 3.25. The van der Waals surface area contributed by atoms with E-state index in [4.69, 9.17) is 16.6 Å². The van der Waals surface area contributed by atoms with Gasteiger partial charge in [-0.15, -0.1) is 0 Å². The molecule has 1 aromatic carbocycles. The van der Waals surface area contributed by atoms with Gasteiger partial charge in [0.15, 0.2) is 0 Å². The van der Waals surface area contributed by atoms with Gasteiger partial charge in [-0.25, -0.2) is 4.98 Å². The van der Waals surface area contributed by atoms with Crippen molar-refractivity contribution in [3.8, 4) is 22.4 Å². The van der Waals surface area contributed by atoms with Crippen molar-refractivity contribution in [2.45, 2.75) is 19.9 Å². The maximum absolute atomic E-state index is 12.4. The number of nitrogens with zero attached hydrogens (tertiary/aromatic N) is 2. The Morgan fingerprint density at radius 3 is 2.46 bits per heavy atom. The van der Waals surface area contributed by atoms with E-state index in [2.05, 4.69) is 4.98 Å². The summed E-state index contributed by atoms with van der Waals surface area (Å²) in [6.07, 6.45) is 1.81. The third-order valence-corrected chi connectivity index (χ3v) is 4.89. The quantitative estimate of drug-likeness (QED) is 0.552. The fourth-order valence-electron chi connectivity index (χ4n) is 3.21. The molecule has 0 bridgehead atoms. The van der Waals surface area contributed by atoms with Gasteiger partial charge in [-0.2, -0.15) is 0 Å². The minimum atomic E-state index is -0.222. The highest BCUT2D eigenvalue weighted by molar-refractivity contribution is 6.30. The predicted molar refractivity (Wildman–Crippen MR) is 113 cm³/mol. The first kappa shape index (κ1) is 18.2. The van der Waals surface area contributed by atoms with Crippen LogP contribution in [0.15, 0.2) is 70.4 Å². The first-order chi connectivity index (χ1) is 13.4. The second-order valence-electron chi connectivity index (χ2n) is 6.89. The lowest BCUT2D eigenvalue weighted by Crippen LogP contribution is -2.21. The summed E-state index contributed by atoms with van der Waals surface area (Å²) in [6, 6.07) is 16.5. The molecule has 0 radical (unpaired) electrons. The topological polar surface area (TPSA) is 67.8 Å². The van der Waals surface area contributed by atoms with Crippen molar-refractivity contribution in [2.24, 2.45) is 0 Å². The molecule has 0 aliphatic carbocycles. The van der Waals surface area contributed by atoms with Gasteiger partial charge in [0.25, 0.3) is 5.56 Å². The first-order valence-corrected chi connectivity index (χ1v) is 9.33. The average molecular weight is 392 g/mol. The highest BCUT2D eigenvalue weighted by atomic mass is 35.5. The highest BCUT2D eigenvalue weighted by Crippen LogP contribution is 2.33. The number of H-pyrrole nitrogens is 1. The van der Waals surface area contributed by atoms with Crippen molar-refractivity contribution >= 4 is 22.6 Å². The Morgan fingerprint density at radius 2 is 1.75 bits per heavy atom. The van der Waals surface area contributed by atoms with E-state index in [1.54, 1.807) is 22.9 Å². The molecule has 4 rings (SSSR count). The molecule has 0 atom stereocenters. The zero-order chi connectivity index (χ0) is 19.8. The van der Waals surface area contributed by atoms with Crippen LogP contribution in [0.25, 0.3) is 33.4 Å². The maximum atomic E-state index is 12.4. The van der Waals surface area contributed by atoms with E-state index in [1.807, 2.05) is 50.2 Å². The van der Waals surface area contributed by atoms with Crippen LogP contribution in [0, 0.1) is 0 Å². The minimum Gasteiger partial charge on any atom is -0.311 e. The van der Waals surface area contributed by atoms with E-state index < -0.39 is 0 Å². The van der Waals surface area contributed by atoms with Gasteiger partial charge in [-0.3, -0.25) is 9.59 Å². The molecular weight excluding hydrogens is 374 g/mol. The lowest BCUT2D eigenvalue weighted by atomic mass is 9.99. The molecule has 1 N–H and O–H groups in total. The molecule has 0 aliphatic rings. The molecule has 3 aromatic heterocycles. The van der Waals surface area contributed by atoms with E-state index >= 15 is 0 Å². The molecule has 28 heavy (non-hydrogen) atoms. The molecule has 0 unspecified atom stereocenters. The van der Waals surface area contributed by atoms with Gasteiger partial charge >= 0.3 is 0 Å². The lowest BCUT2D eigenvalue weighted by molar-refractivity contribution is 0.579. The Balaban J connectivity index is 2.07. The Morgan fingerprint density at radius 1 is 1.00 bits per heavy atom. The normalized spacial score (nSPS) is 11.3. The van der Waals surface area contributed by atoms with Crippen molar-refractivity contribution in [2.75, 3.05) is 0 Å². The Kier molecular flexibility index (Phi) is 4.61. The summed E-state index contributed by atoms with van der Waals surface area (Å²) in [5, 5.41) is 0.958. The summed E-state index contributed by atoms with van der Waals surface area (Å²) in [4.78, 5) is 31.6. The van der Waals surface area contributed by atoms with Gasteiger partial charge < -0.3 is 9.55 Å². The fourth-order valence-corrected chi connectivity index (χ4v) is 3.43. The zero-order valence-electron chi connectivity index (χ0n) is 15.4. The van der Waals surface area contributed by atoms with Crippen molar-refractivity contribution in [1.29, 1.82) is 0 Å². The summed E-state index contributed by atoms with van der Waals surface area (Å²) >= 11 is 6.25. The predicted octanol–water partition coefficient (Wildman–Crippen LogP) is 4.65. The summed E-state index contributed by atoms with van der Waals surface area (Å²) in [5.74, 6) is 0. The molecule has 0 aliphatic heterocycles. The lowest BCUT2D eigenvalue weighted by Gasteiger charge is -2.15. The van der Waals surface area contributed by atoms with Gasteiger partial charge in [0.05, 0.1) is 5.69 Å². The molecule has 3 heterocycles. The van der Waals surface area contributed by atoms with Gasteiger partial charge in [0.1, 0.15) is 10.7 Å². The van der Waals surface area contributed by atoms with Gasteiger partial charge in [-0.05, 0) is 32.0 Å². The molecule has 0 spiro atoms. The van der Waals surface area contributed by atoms with Crippen LogP contribution < -0.4 is 11.1 Å². The van der Waals surface area contributed by atoms with Crippen LogP contribution in [0.4, 0.5) is 0 Å². The summed E-state index contributed by atoms with van der Waals surface area (Å²) in [6.45, 7) is 3.87. The second kappa shape index (κ2) is 7.09. The molecule has 4 aromatic rings. The molecule has 0 amide bonds. The fraction of sp³-hybridized carbons (Fsp3) is 0.136. The molecule has 5 nitrogen and oxygen atoms in total. The molecular formula is C22H18ClN3O2. The van der Waals surface area contributed by atoms with Crippen LogP contribution in [-0.4, -0.2) is 14.5 Å². The van der Waals surface area contributed by atoms with Crippen LogP contribution >= 0.6 is 11.6 Å². The highest BCUT2D eigenvalue weighted by Gasteiger charge is 2.15. The van der Waals surface area contributed by atoms with Crippen LogP contribution in [0.5, 0.6) is 0 Å². The first-order valence-electron chi connectivity index (χ1n) is 8.95. The number of hydrogen-bond donors (Lipinski definition) is 1. The Hall–Kier alpha value is -3.18. The summed E-state index contributed by atoms with van der Waals surface area (Å²) < 4.78 is 1.61. The number of aromatic nitrogens is 3. The standard InChI is InChI=1S/C22H18ClN3O2/c1-13(2)26-12-16(11-18(23)22(26)28)17-10-15-8-9-19(27)24-21(15)25-20(17)14-6-4-3-5-7-14/h3-13H,1-2H3,(H,24,25,27). The Labute approximate surface area is 166 Å². The minimum absolute atomic E-state index is 0.0325. The van der Waals surface area contributed by atoms with Crippen molar-refractivity contribution < 1.29 is 0 Å². The van der Waals surface area contributed by atoms with E-state index in [1.165, 1.54) is 6.07 Å². The number of aromatic amines is 1. The number of nitrogens with one attached hydrogen (secondary N) is 1. The molecule has 140 valence electrons. The van der Waals surface area contributed by atoms with E-state index in [0.29, 0.717) is 11.3 Å². The van der Waals surface area contributed by atoms with Crippen LogP contribution in [0.3, 0.4) is 0 Å². The van der Waals surface area contributed by atoms with Crippen LogP contribution in [-0.2, 0) is 0 Å². The Bertz CT molecular complexity index is 1290. The molecule has 0 fully saturated rings. The number of pyridine rings is 3. The number of benzene rings is 1. The van der Waals surface area contributed by atoms with Crippen molar-refractivity contribution in [3.63, 3.8) is 0 Å². The molecule has 6 heteroatoms. The van der Waals surface area contributed by atoms with Gasteiger partial charge in [0, 0.05) is 40.4 Å². The largest absolute Gasteiger partial charge is 0.311 e. The maximum Gasteiger partial charge on any atom is 0.269 e. The zero-order valence-corrected chi connectivity index (χ0v) is 16.2. The van der Waals surface area contributed by atoms with Crippen LogP contribution in [0.2, 0.25) is 5.02 Å². The number of rotatable bonds is 3. The second-order valence-corrected chi connectivity index (χ2v) is 7.30. The number of fused-ring (bicyclic) bond motifs is 1. The van der Waals surface area contributed by atoms with E-state index in [-0.39, 0.29) is 22.2 Å². The smallest absolute Gasteiger partial charge is 0.269 e. The van der Waals surface area contributed by atoms with E-state index in [0.717, 1.165) is 22.1 Å². The van der Waals surface area contributed by atoms with Crippen molar-refractivity contribution in [3.05, 3.63) is 86.5 Å². The third-order valence-electron chi connectivity index (χ3n) is 4.62. The van der Waals surface area contributed by atoms with Gasteiger partial charge in [-0.1, -0.05) is 41.9 Å². The SMILES string of the molecule is CC(C)n1cc(-c2cc3ccc(=O)[nH]c3nc2-c2ccccc2)cc(Cl)c1=O. The van der Waals surface area contributed by atoms with E-state index in [9.17, 15) is 9.59 Å². The number of halogens is 1. The summed E-state index contributed by atoms with van der Waals surface area (Å²) in [5.41, 5.74) is 3.32. The molecule has 0 saturated heterocycles. The van der Waals surface area contributed by atoms with Crippen molar-refractivity contribution in [1.82, 2.24) is 14.5 Å². The van der Waals surface area contributed by atoms with Crippen LogP contribution in [0.1, 0.15) is 19.9 Å². The summed E-state index contributed by atoms with van der Waals surface area (Å²) in [7, 11) is 0. The van der Waals surface area contributed by atoms with Gasteiger partial charge in [0.2, 0.25) is 5.56 Å².